The van der Waals surface area contributed by atoms with E-state index in [0.29, 0.717) is 17.9 Å². The molecule has 1 aliphatic heterocycles. The Bertz CT molecular complexity index is 491. The number of halogens is 2. The van der Waals surface area contributed by atoms with Crippen LogP contribution in [0.5, 0.6) is 0 Å². The minimum atomic E-state index is -0.750. The van der Waals surface area contributed by atoms with E-state index < -0.39 is 11.6 Å². The van der Waals surface area contributed by atoms with Crippen LogP contribution < -0.4 is 10.6 Å². The molecule has 1 aromatic rings. The molecule has 0 spiro atoms. The van der Waals surface area contributed by atoms with Gasteiger partial charge in [0, 0.05) is 0 Å². The zero-order valence-corrected chi connectivity index (χ0v) is 11.1. The average molecular weight is 268 g/mol. The van der Waals surface area contributed by atoms with Gasteiger partial charge in [-0.25, -0.2) is 8.78 Å². The SMILES string of the molecule is Cc1ccc(F)c(NC(=O)C2CC(C)CCN2)c1F. The van der Waals surface area contributed by atoms with Crippen LogP contribution in [-0.4, -0.2) is 18.5 Å². The summed E-state index contributed by atoms with van der Waals surface area (Å²) in [4.78, 5) is 12.0. The van der Waals surface area contributed by atoms with Crippen LogP contribution in [0.15, 0.2) is 12.1 Å². The molecule has 1 aromatic carbocycles. The van der Waals surface area contributed by atoms with Gasteiger partial charge < -0.3 is 10.6 Å². The normalized spacial score (nSPS) is 23.2. The molecular weight excluding hydrogens is 250 g/mol. The summed E-state index contributed by atoms with van der Waals surface area (Å²) in [5.41, 5.74) is -0.0494. The lowest BCUT2D eigenvalue weighted by atomic mass is 9.94. The van der Waals surface area contributed by atoms with Gasteiger partial charge in [0.05, 0.1) is 6.04 Å². The second-order valence-electron chi connectivity index (χ2n) is 5.18. The topological polar surface area (TPSA) is 41.1 Å². The summed E-state index contributed by atoms with van der Waals surface area (Å²) in [5, 5.41) is 5.42. The molecule has 19 heavy (non-hydrogen) atoms. The van der Waals surface area contributed by atoms with Crippen LogP contribution in [0.3, 0.4) is 0 Å². The van der Waals surface area contributed by atoms with Gasteiger partial charge in [-0.05, 0) is 43.9 Å². The second-order valence-corrected chi connectivity index (χ2v) is 5.18. The van der Waals surface area contributed by atoms with Crippen LogP contribution in [-0.2, 0) is 4.79 Å². The third-order valence-corrected chi connectivity index (χ3v) is 3.51. The summed E-state index contributed by atoms with van der Waals surface area (Å²) in [6, 6.07) is 2.12. The van der Waals surface area contributed by atoms with Gasteiger partial charge in [-0.1, -0.05) is 13.0 Å². The van der Waals surface area contributed by atoms with Gasteiger partial charge in [0.2, 0.25) is 5.91 Å². The summed E-state index contributed by atoms with van der Waals surface area (Å²) >= 11 is 0. The maximum Gasteiger partial charge on any atom is 0.241 e. The Kier molecular flexibility index (Phi) is 4.14. The van der Waals surface area contributed by atoms with Gasteiger partial charge in [-0.2, -0.15) is 0 Å². The monoisotopic (exact) mass is 268 g/mol. The number of hydrogen-bond donors (Lipinski definition) is 2. The largest absolute Gasteiger partial charge is 0.320 e. The molecule has 0 saturated carbocycles. The van der Waals surface area contributed by atoms with Gasteiger partial charge in [-0.3, -0.25) is 4.79 Å². The van der Waals surface area contributed by atoms with Crippen molar-refractivity contribution >= 4 is 11.6 Å². The van der Waals surface area contributed by atoms with Crippen LogP contribution in [0.1, 0.15) is 25.3 Å². The molecule has 5 heteroatoms. The molecule has 3 nitrogen and oxygen atoms in total. The van der Waals surface area contributed by atoms with Crippen molar-refractivity contribution in [3.05, 3.63) is 29.3 Å². The van der Waals surface area contributed by atoms with Crippen molar-refractivity contribution in [1.82, 2.24) is 5.32 Å². The Balaban J connectivity index is 2.13. The van der Waals surface area contributed by atoms with Crippen molar-refractivity contribution < 1.29 is 13.6 Å². The minimum Gasteiger partial charge on any atom is -0.320 e. The molecule has 0 radical (unpaired) electrons. The highest BCUT2D eigenvalue weighted by atomic mass is 19.1. The zero-order valence-electron chi connectivity index (χ0n) is 11.1. The van der Waals surface area contributed by atoms with Crippen LogP contribution >= 0.6 is 0 Å². The van der Waals surface area contributed by atoms with Crippen LogP contribution in [0.2, 0.25) is 0 Å². The number of piperidine rings is 1. The Labute approximate surface area is 111 Å². The van der Waals surface area contributed by atoms with E-state index >= 15 is 0 Å². The lowest BCUT2D eigenvalue weighted by Gasteiger charge is -2.27. The van der Waals surface area contributed by atoms with Crippen LogP contribution in [0.4, 0.5) is 14.5 Å². The molecule has 0 bridgehead atoms. The predicted octanol–water partition coefficient (Wildman–Crippen LogP) is 2.60. The van der Waals surface area contributed by atoms with Crippen molar-refractivity contribution in [2.24, 2.45) is 5.92 Å². The van der Waals surface area contributed by atoms with Gasteiger partial charge in [0.25, 0.3) is 0 Å². The number of aryl methyl sites for hydroxylation is 1. The van der Waals surface area contributed by atoms with Crippen LogP contribution in [0.25, 0.3) is 0 Å². The first-order valence-corrected chi connectivity index (χ1v) is 6.48. The molecule has 2 N–H and O–H groups in total. The maximum absolute atomic E-state index is 13.8. The van der Waals surface area contributed by atoms with Gasteiger partial charge >= 0.3 is 0 Å². The molecule has 2 unspecified atom stereocenters. The Morgan fingerprint density at radius 3 is 2.84 bits per heavy atom. The van der Waals surface area contributed by atoms with Gasteiger partial charge in [0.1, 0.15) is 11.5 Å². The van der Waals surface area contributed by atoms with Crippen molar-refractivity contribution in [2.45, 2.75) is 32.7 Å². The minimum absolute atomic E-state index is 0.307. The Morgan fingerprint density at radius 2 is 2.16 bits per heavy atom. The first-order chi connectivity index (χ1) is 8.99. The highest BCUT2D eigenvalue weighted by molar-refractivity contribution is 5.95. The van der Waals surface area contributed by atoms with Crippen molar-refractivity contribution in [3.8, 4) is 0 Å². The fourth-order valence-electron chi connectivity index (χ4n) is 2.29. The van der Waals surface area contributed by atoms with E-state index in [1.807, 2.05) is 0 Å². The third kappa shape index (κ3) is 3.10. The number of amides is 1. The Morgan fingerprint density at radius 1 is 1.42 bits per heavy atom. The number of benzene rings is 1. The van der Waals surface area contributed by atoms with Crippen molar-refractivity contribution in [1.29, 1.82) is 0 Å². The molecule has 1 amide bonds. The number of anilines is 1. The molecule has 1 fully saturated rings. The van der Waals surface area contributed by atoms with Crippen LogP contribution in [0, 0.1) is 24.5 Å². The van der Waals surface area contributed by atoms with Crippen molar-refractivity contribution in [2.75, 3.05) is 11.9 Å². The number of carbonyl (C=O) groups is 1. The molecule has 2 rings (SSSR count). The molecule has 1 aliphatic rings. The second kappa shape index (κ2) is 5.65. The molecule has 1 heterocycles. The number of hydrogen-bond acceptors (Lipinski definition) is 2. The lowest BCUT2D eigenvalue weighted by Crippen LogP contribution is -2.45. The number of rotatable bonds is 2. The molecular formula is C14H18F2N2O. The van der Waals surface area contributed by atoms with E-state index in [-0.39, 0.29) is 17.6 Å². The molecule has 104 valence electrons. The molecule has 0 aliphatic carbocycles. The summed E-state index contributed by atoms with van der Waals surface area (Å²) < 4.78 is 27.4. The molecule has 2 atom stereocenters. The molecule has 0 aromatic heterocycles. The highest BCUT2D eigenvalue weighted by Crippen LogP contribution is 2.23. The fourth-order valence-corrected chi connectivity index (χ4v) is 2.29. The van der Waals surface area contributed by atoms with Gasteiger partial charge in [0.15, 0.2) is 5.82 Å². The summed E-state index contributed by atoms with van der Waals surface area (Å²) in [7, 11) is 0. The third-order valence-electron chi connectivity index (χ3n) is 3.51. The van der Waals surface area contributed by atoms with E-state index in [1.165, 1.54) is 13.0 Å². The Hall–Kier alpha value is -1.49. The smallest absolute Gasteiger partial charge is 0.241 e. The average Bonchev–Trinajstić information content (AvgIpc) is 2.39. The van der Waals surface area contributed by atoms with Crippen molar-refractivity contribution in [3.63, 3.8) is 0 Å². The number of nitrogens with one attached hydrogen (secondary N) is 2. The van der Waals surface area contributed by atoms with E-state index in [9.17, 15) is 13.6 Å². The fraction of sp³-hybridized carbons (Fsp3) is 0.500. The molecule has 1 saturated heterocycles. The number of carbonyl (C=O) groups excluding carboxylic acids is 1. The van der Waals surface area contributed by atoms with E-state index in [0.717, 1.165) is 19.0 Å². The maximum atomic E-state index is 13.8. The van der Waals surface area contributed by atoms with E-state index in [1.54, 1.807) is 0 Å². The quantitative estimate of drug-likeness (QED) is 0.865. The summed E-state index contributed by atoms with van der Waals surface area (Å²) in [6.07, 6.45) is 1.69. The lowest BCUT2D eigenvalue weighted by molar-refractivity contribution is -0.119. The summed E-state index contributed by atoms with van der Waals surface area (Å²) in [6.45, 7) is 4.35. The highest BCUT2D eigenvalue weighted by Gasteiger charge is 2.26. The standard InChI is InChI=1S/C14H18F2N2O/c1-8-5-6-17-11(7-8)14(19)18-13-10(15)4-3-9(2)12(13)16/h3-4,8,11,17H,5-7H2,1-2H3,(H,18,19). The summed E-state index contributed by atoms with van der Waals surface area (Å²) in [5.74, 6) is -1.41. The first kappa shape index (κ1) is 13.9. The zero-order chi connectivity index (χ0) is 14.0. The first-order valence-electron chi connectivity index (χ1n) is 6.48. The van der Waals surface area contributed by atoms with E-state index in [4.69, 9.17) is 0 Å². The van der Waals surface area contributed by atoms with Gasteiger partial charge in [-0.15, -0.1) is 0 Å². The van der Waals surface area contributed by atoms with E-state index in [2.05, 4.69) is 17.6 Å². The predicted molar refractivity (Wildman–Crippen MR) is 69.9 cm³/mol.